The molecule has 0 aliphatic heterocycles. The number of anilines is 1. The number of fused-ring (bicyclic) bond motifs is 1. The molecule has 2 heterocycles. The van der Waals surface area contributed by atoms with Crippen molar-refractivity contribution in [2.75, 3.05) is 12.8 Å². The third-order valence-electron chi connectivity index (χ3n) is 2.78. The lowest BCUT2D eigenvalue weighted by Gasteiger charge is -2.08. The summed E-state index contributed by atoms with van der Waals surface area (Å²) in [4.78, 5) is 12.5. The third kappa shape index (κ3) is 1.99. The first-order valence-electron chi connectivity index (χ1n) is 5.60. The molecule has 0 radical (unpaired) electrons. The fourth-order valence-electron chi connectivity index (χ4n) is 1.93. The molecule has 3 rings (SSSR count). The number of hydrogen-bond donors (Lipinski definition) is 1. The molecular weight excluding hydrogens is 346 g/mol. The van der Waals surface area contributed by atoms with Crippen molar-refractivity contribution in [3.63, 3.8) is 0 Å². The Balaban J connectivity index is 2.37. The van der Waals surface area contributed by atoms with E-state index in [0.29, 0.717) is 22.1 Å². The van der Waals surface area contributed by atoms with Gasteiger partial charge < -0.3 is 10.5 Å². The van der Waals surface area contributed by atoms with Crippen LogP contribution in [-0.4, -0.2) is 26.6 Å². The maximum absolute atomic E-state index is 6.04. The Labute approximate surface area is 127 Å². The van der Waals surface area contributed by atoms with Crippen molar-refractivity contribution >= 4 is 44.6 Å². The molecular formula is C12H9BrClN5O. The average molecular weight is 355 g/mol. The number of rotatable bonds is 2. The van der Waals surface area contributed by atoms with Gasteiger partial charge in [-0.25, -0.2) is 9.97 Å². The summed E-state index contributed by atoms with van der Waals surface area (Å²) in [7, 11) is 1.52. The summed E-state index contributed by atoms with van der Waals surface area (Å²) in [6.07, 6.45) is 1.40. The van der Waals surface area contributed by atoms with Crippen molar-refractivity contribution in [1.29, 1.82) is 0 Å². The Kier molecular flexibility index (Phi) is 3.23. The van der Waals surface area contributed by atoms with E-state index in [-0.39, 0.29) is 5.95 Å². The Hall–Kier alpha value is -1.86. The fraction of sp³-hybridized carbons (Fsp3) is 0.0833. The van der Waals surface area contributed by atoms with Gasteiger partial charge in [-0.1, -0.05) is 11.6 Å². The molecule has 0 aliphatic rings. The van der Waals surface area contributed by atoms with E-state index in [9.17, 15) is 0 Å². The second-order valence-electron chi connectivity index (χ2n) is 3.96. The van der Waals surface area contributed by atoms with Gasteiger partial charge in [-0.15, -0.1) is 0 Å². The van der Waals surface area contributed by atoms with Crippen LogP contribution >= 0.6 is 27.5 Å². The number of hydrogen-bond acceptors (Lipinski definition) is 5. The van der Waals surface area contributed by atoms with Crippen LogP contribution in [0.4, 0.5) is 5.95 Å². The van der Waals surface area contributed by atoms with Crippen LogP contribution in [0, 0.1) is 0 Å². The zero-order chi connectivity index (χ0) is 14.3. The first-order valence-corrected chi connectivity index (χ1v) is 6.77. The lowest BCUT2D eigenvalue weighted by molar-refractivity contribution is 0.401. The summed E-state index contributed by atoms with van der Waals surface area (Å²) >= 11 is 9.51. The molecule has 0 unspecified atom stereocenters. The Morgan fingerprint density at radius 2 is 2.15 bits per heavy atom. The van der Waals surface area contributed by atoms with Crippen LogP contribution in [-0.2, 0) is 0 Å². The summed E-state index contributed by atoms with van der Waals surface area (Å²) < 4.78 is 7.68. The van der Waals surface area contributed by atoms with E-state index in [2.05, 4.69) is 30.9 Å². The van der Waals surface area contributed by atoms with Gasteiger partial charge in [0.15, 0.2) is 11.2 Å². The molecule has 0 saturated carbocycles. The molecule has 2 N–H and O–H groups in total. The smallest absolute Gasteiger partial charge is 0.245 e. The third-order valence-corrected chi connectivity index (χ3v) is 3.68. The molecule has 0 saturated heterocycles. The minimum atomic E-state index is 0.279. The highest BCUT2D eigenvalue weighted by atomic mass is 79.9. The van der Waals surface area contributed by atoms with Crippen LogP contribution in [0.25, 0.3) is 16.9 Å². The fourth-order valence-corrected chi connectivity index (χ4v) is 2.52. The van der Waals surface area contributed by atoms with Crippen LogP contribution in [0.3, 0.4) is 0 Å². The average Bonchev–Trinajstić information content (AvgIpc) is 2.77. The van der Waals surface area contributed by atoms with E-state index < -0.39 is 0 Å². The number of nitrogens with zero attached hydrogens (tertiary/aromatic N) is 4. The van der Waals surface area contributed by atoms with Crippen LogP contribution in [0.2, 0.25) is 5.02 Å². The second-order valence-corrected chi connectivity index (χ2v) is 5.25. The Bertz CT molecular complexity index is 804. The van der Waals surface area contributed by atoms with Gasteiger partial charge in [-0.05, 0) is 34.1 Å². The van der Waals surface area contributed by atoms with Gasteiger partial charge in [0.25, 0.3) is 0 Å². The van der Waals surface area contributed by atoms with Crippen molar-refractivity contribution in [3.8, 4) is 11.6 Å². The molecule has 20 heavy (non-hydrogen) atoms. The topological polar surface area (TPSA) is 78.8 Å². The first kappa shape index (κ1) is 13.1. The maximum Gasteiger partial charge on any atom is 0.245 e. The number of benzene rings is 1. The number of nitrogen functional groups attached to an aromatic ring is 1. The van der Waals surface area contributed by atoms with Gasteiger partial charge in [0.05, 0.1) is 12.8 Å². The van der Waals surface area contributed by atoms with Gasteiger partial charge >= 0.3 is 0 Å². The Morgan fingerprint density at radius 1 is 1.35 bits per heavy atom. The van der Waals surface area contributed by atoms with E-state index in [1.807, 2.05) is 6.07 Å². The summed E-state index contributed by atoms with van der Waals surface area (Å²) in [6.45, 7) is 0. The molecule has 0 bridgehead atoms. The van der Waals surface area contributed by atoms with Crippen LogP contribution in [0.5, 0.6) is 5.88 Å². The monoisotopic (exact) mass is 353 g/mol. The minimum Gasteiger partial charge on any atom is -0.479 e. The molecule has 1 aromatic carbocycles. The number of halogens is 2. The summed E-state index contributed by atoms with van der Waals surface area (Å²) in [5.41, 5.74) is 7.79. The molecule has 0 atom stereocenters. The number of aromatic nitrogens is 4. The van der Waals surface area contributed by atoms with E-state index in [4.69, 9.17) is 22.1 Å². The Morgan fingerprint density at radius 3 is 2.90 bits per heavy atom. The quantitative estimate of drug-likeness (QED) is 0.765. The number of ether oxygens (including phenoxy) is 1. The standard InChI is InChI=1S/C12H9BrClN5O/c1-20-11-9-10(16-5-17-11)19(12(15)18-9)8-4-6(14)2-3-7(8)13/h2-5H,1H3,(H2,15,18). The largest absolute Gasteiger partial charge is 0.479 e. The second kappa shape index (κ2) is 4.92. The van der Waals surface area contributed by atoms with E-state index in [1.165, 1.54) is 13.4 Å². The van der Waals surface area contributed by atoms with Crippen molar-refractivity contribution in [2.24, 2.45) is 0 Å². The van der Waals surface area contributed by atoms with E-state index in [1.54, 1.807) is 16.7 Å². The summed E-state index contributed by atoms with van der Waals surface area (Å²) in [6, 6.07) is 5.39. The van der Waals surface area contributed by atoms with Gasteiger partial charge in [0.2, 0.25) is 11.8 Å². The van der Waals surface area contributed by atoms with Crippen molar-refractivity contribution in [3.05, 3.63) is 34.0 Å². The molecule has 0 amide bonds. The van der Waals surface area contributed by atoms with Crippen molar-refractivity contribution < 1.29 is 4.74 Å². The first-order chi connectivity index (χ1) is 9.61. The summed E-state index contributed by atoms with van der Waals surface area (Å²) in [5.74, 6) is 0.653. The van der Waals surface area contributed by atoms with Gasteiger partial charge in [0.1, 0.15) is 6.33 Å². The molecule has 0 spiro atoms. The zero-order valence-corrected chi connectivity index (χ0v) is 12.7. The molecule has 8 heteroatoms. The highest BCUT2D eigenvalue weighted by molar-refractivity contribution is 9.10. The summed E-state index contributed by atoms with van der Waals surface area (Å²) in [5, 5.41) is 0.588. The number of imidazole rings is 1. The lowest BCUT2D eigenvalue weighted by atomic mass is 10.3. The molecule has 2 aromatic heterocycles. The van der Waals surface area contributed by atoms with Crippen LogP contribution < -0.4 is 10.5 Å². The highest BCUT2D eigenvalue weighted by Crippen LogP contribution is 2.31. The SMILES string of the molecule is COc1ncnc2c1nc(N)n2-c1cc(Cl)ccc1Br. The van der Waals surface area contributed by atoms with Crippen LogP contribution in [0.15, 0.2) is 29.0 Å². The minimum absolute atomic E-state index is 0.279. The molecule has 6 nitrogen and oxygen atoms in total. The number of nitrogens with two attached hydrogens (primary N) is 1. The van der Waals surface area contributed by atoms with E-state index >= 15 is 0 Å². The predicted molar refractivity (Wildman–Crippen MR) is 80.3 cm³/mol. The molecule has 102 valence electrons. The van der Waals surface area contributed by atoms with E-state index in [0.717, 1.165) is 10.2 Å². The zero-order valence-electron chi connectivity index (χ0n) is 10.3. The predicted octanol–water partition coefficient (Wildman–Crippen LogP) is 2.82. The van der Waals surface area contributed by atoms with Crippen LogP contribution in [0.1, 0.15) is 0 Å². The van der Waals surface area contributed by atoms with Gasteiger partial charge in [0, 0.05) is 9.50 Å². The highest BCUT2D eigenvalue weighted by Gasteiger charge is 2.17. The molecule has 0 aliphatic carbocycles. The van der Waals surface area contributed by atoms with Gasteiger partial charge in [-0.3, -0.25) is 4.57 Å². The van der Waals surface area contributed by atoms with Crippen molar-refractivity contribution in [1.82, 2.24) is 19.5 Å². The van der Waals surface area contributed by atoms with Crippen molar-refractivity contribution in [2.45, 2.75) is 0 Å². The maximum atomic E-state index is 6.04. The normalized spacial score (nSPS) is 10.9. The lowest BCUT2D eigenvalue weighted by Crippen LogP contribution is -2.02. The number of methoxy groups -OCH3 is 1. The molecule has 3 aromatic rings. The molecule has 0 fully saturated rings. The van der Waals surface area contributed by atoms with Gasteiger partial charge in [-0.2, -0.15) is 4.98 Å².